The van der Waals surface area contributed by atoms with E-state index in [0.717, 1.165) is 35.2 Å². The summed E-state index contributed by atoms with van der Waals surface area (Å²) in [5, 5.41) is 4.99. The van der Waals surface area contributed by atoms with Gasteiger partial charge in [0.2, 0.25) is 0 Å². The highest BCUT2D eigenvalue weighted by Crippen LogP contribution is 2.43. The molecule has 2 aliphatic heterocycles. The van der Waals surface area contributed by atoms with Gasteiger partial charge in [-0.2, -0.15) is 0 Å². The Hall–Kier alpha value is -2.57. The molecule has 2 aliphatic rings. The molecule has 0 amide bonds. The van der Waals surface area contributed by atoms with Gasteiger partial charge in [0.15, 0.2) is 5.11 Å². The fourth-order valence-corrected chi connectivity index (χ4v) is 6.27. The van der Waals surface area contributed by atoms with E-state index in [1.807, 2.05) is 18.3 Å². The second-order valence-corrected chi connectivity index (χ2v) is 10.7. The average Bonchev–Trinajstić information content (AvgIpc) is 3.32. The van der Waals surface area contributed by atoms with E-state index in [9.17, 15) is 0 Å². The van der Waals surface area contributed by atoms with Crippen LogP contribution in [-0.4, -0.2) is 27.8 Å². The maximum absolute atomic E-state index is 6.92. The largest absolute Gasteiger partial charge is 0.370 e. The summed E-state index contributed by atoms with van der Waals surface area (Å²) in [6.45, 7) is 8.85. The zero-order valence-corrected chi connectivity index (χ0v) is 21.8. The molecule has 3 aromatic rings. The summed E-state index contributed by atoms with van der Waals surface area (Å²) in [6.07, 6.45) is 3.11. The van der Waals surface area contributed by atoms with Crippen LogP contribution < -0.4 is 15.1 Å². The lowest BCUT2D eigenvalue weighted by atomic mass is 9.91. The lowest BCUT2D eigenvalue weighted by Gasteiger charge is -2.37. The fraction of sp³-hybridized carbons (Fsp3) is 0.407. The van der Waals surface area contributed by atoms with Gasteiger partial charge in [-0.15, -0.1) is 0 Å². The number of piperidine rings is 1. The molecule has 5 nitrogen and oxygen atoms in total. The molecule has 5 rings (SSSR count). The molecule has 0 aliphatic carbocycles. The lowest BCUT2D eigenvalue weighted by molar-refractivity contribution is 0.357. The number of benzene rings is 1. The molecule has 4 atom stereocenters. The lowest BCUT2D eigenvalue weighted by Crippen LogP contribution is -2.38. The summed E-state index contributed by atoms with van der Waals surface area (Å²) in [5.41, 5.74) is 5.45. The molecule has 0 unspecified atom stereocenters. The molecule has 2 fully saturated rings. The first-order valence-electron chi connectivity index (χ1n) is 12.0. The number of thiocarbonyl (C=S) groups is 1. The molecule has 34 heavy (non-hydrogen) atoms. The normalized spacial score (nSPS) is 25.0. The Bertz CT molecular complexity index is 1180. The van der Waals surface area contributed by atoms with Crippen LogP contribution in [0.4, 0.5) is 11.4 Å². The van der Waals surface area contributed by atoms with Gasteiger partial charge in [0.05, 0.1) is 22.4 Å². The first kappa shape index (κ1) is 23.2. The summed E-state index contributed by atoms with van der Waals surface area (Å²) in [5.74, 6) is 1.33. The number of pyridine rings is 1. The van der Waals surface area contributed by atoms with Gasteiger partial charge in [0.25, 0.3) is 0 Å². The van der Waals surface area contributed by atoms with E-state index in [1.165, 1.54) is 17.8 Å². The van der Waals surface area contributed by atoms with Gasteiger partial charge in [-0.3, -0.25) is 4.98 Å². The van der Waals surface area contributed by atoms with Gasteiger partial charge in [-0.25, -0.2) is 0 Å². The van der Waals surface area contributed by atoms with E-state index < -0.39 is 0 Å². The van der Waals surface area contributed by atoms with Gasteiger partial charge < -0.3 is 19.7 Å². The van der Waals surface area contributed by atoms with Crippen LogP contribution in [-0.2, 0) is 7.05 Å². The summed E-state index contributed by atoms with van der Waals surface area (Å²) in [7, 11) is 2.11. The number of nitrogens with one attached hydrogen (secondary N) is 1. The van der Waals surface area contributed by atoms with E-state index in [1.54, 1.807) is 0 Å². The number of nitrogens with zero attached hydrogens (tertiary/aromatic N) is 4. The SMILES string of the molecule is Cc1ccc([C@@H]2[C@H](c3ccccn3)NC(=S)N2c2ccc(N3C[C@H](C)C[C@@H](C)C3)c(Cl)c2)n1C. The van der Waals surface area contributed by atoms with Gasteiger partial charge in [-0.05, 0) is 79.9 Å². The summed E-state index contributed by atoms with van der Waals surface area (Å²) in [6, 6.07) is 16.6. The number of anilines is 2. The van der Waals surface area contributed by atoms with Crippen molar-refractivity contribution in [3.8, 4) is 0 Å². The van der Waals surface area contributed by atoms with E-state index in [0.29, 0.717) is 16.9 Å². The smallest absolute Gasteiger partial charge is 0.174 e. The molecule has 1 N–H and O–H groups in total. The third kappa shape index (κ3) is 4.18. The molecule has 0 bridgehead atoms. The molecular weight excluding hydrogens is 462 g/mol. The minimum atomic E-state index is -0.0658. The molecule has 178 valence electrons. The Balaban J connectivity index is 1.54. The highest BCUT2D eigenvalue weighted by Gasteiger charge is 2.42. The molecule has 1 aromatic carbocycles. The van der Waals surface area contributed by atoms with E-state index >= 15 is 0 Å². The molecule has 0 spiro atoms. The van der Waals surface area contributed by atoms with E-state index in [4.69, 9.17) is 23.8 Å². The molecule has 0 saturated carbocycles. The van der Waals surface area contributed by atoms with Crippen LogP contribution in [0.5, 0.6) is 0 Å². The first-order valence-corrected chi connectivity index (χ1v) is 12.8. The van der Waals surface area contributed by atoms with Crippen molar-refractivity contribution in [3.63, 3.8) is 0 Å². The van der Waals surface area contributed by atoms with Gasteiger partial charge in [0, 0.05) is 43.4 Å². The molecule has 7 heteroatoms. The zero-order chi connectivity index (χ0) is 24.0. The number of aryl methyl sites for hydroxylation is 1. The minimum absolute atomic E-state index is 0.0435. The molecule has 0 radical (unpaired) electrons. The topological polar surface area (TPSA) is 36.3 Å². The number of rotatable bonds is 4. The van der Waals surface area contributed by atoms with Crippen molar-refractivity contribution in [3.05, 3.63) is 76.8 Å². The van der Waals surface area contributed by atoms with Gasteiger partial charge >= 0.3 is 0 Å². The van der Waals surface area contributed by atoms with Crippen molar-refractivity contribution in [2.45, 2.75) is 39.3 Å². The van der Waals surface area contributed by atoms with Crippen molar-refractivity contribution < 1.29 is 0 Å². The van der Waals surface area contributed by atoms with Crippen molar-refractivity contribution in [2.75, 3.05) is 22.9 Å². The monoisotopic (exact) mass is 493 g/mol. The van der Waals surface area contributed by atoms with E-state index in [-0.39, 0.29) is 12.1 Å². The van der Waals surface area contributed by atoms with Crippen molar-refractivity contribution in [2.24, 2.45) is 18.9 Å². The fourth-order valence-electron chi connectivity index (χ4n) is 5.63. The maximum atomic E-state index is 6.92. The predicted octanol–water partition coefficient (Wildman–Crippen LogP) is 6.04. The van der Waals surface area contributed by atoms with E-state index in [2.05, 4.69) is 88.9 Å². The van der Waals surface area contributed by atoms with Crippen LogP contribution in [0.25, 0.3) is 0 Å². The van der Waals surface area contributed by atoms with Crippen molar-refractivity contribution in [1.29, 1.82) is 0 Å². The molecule has 2 aromatic heterocycles. The Labute approximate surface area is 212 Å². The summed E-state index contributed by atoms with van der Waals surface area (Å²) < 4.78 is 2.23. The van der Waals surface area contributed by atoms with Crippen LogP contribution in [0.2, 0.25) is 5.02 Å². The number of halogens is 1. The van der Waals surface area contributed by atoms with Crippen LogP contribution in [0.1, 0.15) is 49.4 Å². The number of aromatic nitrogens is 2. The highest BCUT2D eigenvalue weighted by atomic mass is 35.5. The maximum Gasteiger partial charge on any atom is 0.174 e. The first-order chi connectivity index (χ1) is 16.3. The Kier molecular flexibility index (Phi) is 6.30. The Morgan fingerprint density at radius 2 is 1.82 bits per heavy atom. The van der Waals surface area contributed by atoms with Crippen LogP contribution in [0, 0.1) is 18.8 Å². The van der Waals surface area contributed by atoms with Gasteiger partial charge in [-0.1, -0.05) is 31.5 Å². The molecule has 4 heterocycles. The summed E-state index contributed by atoms with van der Waals surface area (Å²) in [4.78, 5) is 9.28. The standard InChI is InChI=1S/C27H32ClN5S/c1-17-13-18(2)16-32(15-17)23-11-9-20(14-21(23)28)33-26(24-10-8-19(3)31(24)4)25(30-27(33)34)22-7-5-6-12-29-22/h5-12,14,17-18,25-26H,13,15-16H2,1-4H3,(H,30,34)/t17-,18-,25+,26-/m1/s1. The zero-order valence-electron chi connectivity index (χ0n) is 20.2. The van der Waals surface area contributed by atoms with Crippen LogP contribution >= 0.6 is 23.8 Å². The third-order valence-electron chi connectivity index (χ3n) is 7.23. The number of hydrogen-bond donors (Lipinski definition) is 1. The summed E-state index contributed by atoms with van der Waals surface area (Å²) >= 11 is 12.8. The molecular formula is C27H32ClN5S. The Morgan fingerprint density at radius 1 is 1.06 bits per heavy atom. The predicted molar refractivity (Wildman–Crippen MR) is 145 cm³/mol. The van der Waals surface area contributed by atoms with Crippen molar-refractivity contribution >= 4 is 40.3 Å². The van der Waals surface area contributed by atoms with Crippen LogP contribution in [0.15, 0.2) is 54.7 Å². The Morgan fingerprint density at radius 3 is 2.44 bits per heavy atom. The second kappa shape index (κ2) is 9.23. The quantitative estimate of drug-likeness (QED) is 0.448. The second-order valence-electron chi connectivity index (χ2n) is 9.94. The van der Waals surface area contributed by atoms with Crippen LogP contribution in [0.3, 0.4) is 0 Å². The number of hydrogen-bond acceptors (Lipinski definition) is 3. The van der Waals surface area contributed by atoms with Gasteiger partial charge in [0.1, 0.15) is 6.04 Å². The third-order valence-corrected chi connectivity index (χ3v) is 7.85. The van der Waals surface area contributed by atoms with Crippen molar-refractivity contribution in [1.82, 2.24) is 14.9 Å². The minimum Gasteiger partial charge on any atom is -0.370 e. The molecule has 2 saturated heterocycles. The highest BCUT2D eigenvalue weighted by molar-refractivity contribution is 7.80. The average molecular weight is 494 g/mol.